The number of esters is 1. The highest BCUT2D eigenvalue weighted by molar-refractivity contribution is 5.82. The Labute approximate surface area is 138 Å². The molecule has 0 radical (unpaired) electrons. The fourth-order valence-corrected chi connectivity index (χ4v) is 3.82. The highest BCUT2D eigenvalue weighted by Gasteiger charge is 2.42. The topological polar surface area (TPSA) is 76.1 Å². The summed E-state index contributed by atoms with van der Waals surface area (Å²) >= 11 is 0. The molecule has 2 aliphatic rings. The van der Waals surface area contributed by atoms with Crippen LogP contribution in [0.1, 0.15) is 46.5 Å². The molecule has 132 valence electrons. The largest absolute Gasteiger partial charge is 0.467 e. The predicted octanol–water partition coefficient (Wildman–Crippen LogP) is 2.19. The van der Waals surface area contributed by atoms with Crippen LogP contribution in [0, 0.1) is 17.8 Å². The van der Waals surface area contributed by atoms with Crippen molar-refractivity contribution in [1.82, 2.24) is 4.90 Å². The van der Waals surface area contributed by atoms with E-state index in [9.17, 15) is 14.7 Å². The zero-order valence-corrected chi connectivity index (χ0v) is 14.5. The van der Waals surface area contributed by atoms with E-state index in [0.717, 1.165) is 19.3 Å². The van der Waals surface area contributed by atoms with E-state index in [1.54, 1.807) is 0 Å². The summed E-state index contributed by atoms with van der Waals surface area (Å²) in [6, 6.07) is -0.749. The molecule has 0 aromatic heterocycles. The lowest BCUT2D eigenvalue weighted by atomic mass is 9.75. The number of aliphatic hydroxyl groups is 1. The second kappa shape index (κ2) is 7.51. The van der Waals surface area contributed by atoms with Gasteiger partial charge in [0.25, 0.3) is 0 Å². The van der Waals surface area contributed by atoms with Crippen LogP contribution in [0.5, 0.6) is 0 Å². The molecule has 1 aliphatic heterocycles. The van der Waals surface area contributed by atoms with Crippen LogP contribution >= 0.6 is 0 Å². The van der Waals surface area contributed by atoms with E-state index in [1.165, 1.54) is 12.0 Å². The molecule has 2 rings (SSSR count). The Hall–Kier alpha value is -1.30. The molecule has 6 nitrogen and oxygen atoms in total. The van der Waals surface area contributed by atoms with Gasteiger partial charge in [0.15, 0.2) is 0 Å². The van der Waals surface area contributed by atoms with E-state index in [4.69, 9.17) is 9.47 Å². The van der Waals surface area contributed by atoms with Crippen LogP contribution in [0.15, 0.2) is 0 Å². The maximum Gasteiger partial charge on any atom is 0.410 e. The van der Waals surface area contributed by atoms with Gasteiger partial charge in [0, 0.05) is 6.42 Å². The number of carbonyl (C=O) groups excluding carboxylic acids is 2. The number of rotatable bonds is 3. The molecule has 1 amide bonds. The number of nitrogens with zero attached hydrogens (tertiary/aromatic N) is 1. The summed E-state index contributed by atoms with van der Waals surface area (Å²) in [6.07, 6.45) is 1.93. The molecule has 0 bridgehead atoms. The molecule has 2 fully saturated rings. The molecule has 0 aromatic carbocycles. The van der Waals surface area contributed by atoms with Gasteiger partial charge in [0.05, 0.1) is 19.8 Å². The molecule has 0 aromatic rings. The van der Waals surface area contributed by atoms with Crippen LogP contribution < -0.4 is 0 Å². The summed E-state index contributed by atoms with van der Waals surface area (Å²) in [4.78, 5) is 25.7. The van der Waals surface area contributed by atoms with Crippen LogP contribution in [0.25, 0.3) is 0 Å². The molecule has 5 unspecified atom stereocenters. The molecular formula is C17H29NO5. The second-order valence-electron chi connectivity index (χ2n) is 7.33. The summed E-state index contributed by atoms with van der Waals surface area (Å²) in [6.45, 7) is 6.60. The van der Waals surface area contributed by atoms with Crippen molar-refractivity contribution in [3.05, 3.63) is 0 Å². The van der Waals surface area contributed by atoms with Gasteiger partial charge in [-0.2, -0.15) is 0 Å². The Kier molecular flexibility index (Phi) is 5.89. The Morgan fingerprint density at radius 3 is 2.52 bits per heavy atom. The fraction of sp³-hybridized carbons (Fsp3) is 0.882. The summed E-state index contributed by atoms with van der Waals surface area (Å²) in [5.41, 5.74) is 0. The Morgan fingerprint density at radius 1 is 1.22 bits per heavy atom. The lowest BCUT2D eigenvalue weighted by Crippen LogP contribution is -2.45. The smallest absolute Gasteiger partial charge is 0.410 e. The molecule has 0 spiro atoms. The molecule has 1 saturated heterocycles. The maximum absolute atomic E-state index is 12.5. The van der Waals surface area contributed by atoms with Gasteiger partial charge in [-0.15, -0.1) is 0 Å². The van der Waals surface area contributed by atoms with Crippen molar-refractivity contribution in [3.8, 4) is 0 Å². The van der Waals surface area contributed by atoms with Crippen LogP contribution in [-0.4, -0.2) is 54.0 Å². The number of aliphatic hydroxyl groups excluding tert-OH is 1. The number of methoxy groups -OCH3 is 1. The number of hydrogen-bond donors (Lipinski definition) is 1. The molecule has 5 atom stereocenters. The first-order valence-electron chi connectivity index (χ1n) is 8.56. The third-order valence-corrected chi connectivity index (χ3v) is 5.20. The highest BCUT2D eigenvalue weighted by atomic mass is 16.6. The lowest BCUT2D eigenvalue weighted by Gasteiger charge is -2.37. The molecule has 1 aliphatic carbocycles. The summed E-state index contributed by atoms with van der Waals surface area (Å²) in [7, 11) is 1.29. The predicted molar refractivity (Wildman–Crippen MR) is 84.7 cm³/mol. The van der Waals surface area contributed by atoms with Gasteiger partial charge in [0.1, 0.15) is 12.1 Å². The minimum Gasteiger partial charge on any atom is -0.467 e. The van der Waals surface area contributed by atoms with E-state index in [2.05, 4.69) is 20.8 Å². The van der Waals surface area contributed by atoms with E-state index >= 15 is 0 Å². The fourth-order valence-electron chi connectivity index (χ4n) is 3.82. The van der Waals surface area contributed by atoms with Crippen molar-refractivity contribution < 1.29 is 24.2 Å². The van der Waals surface area contributed by atoms with Gasteiger partial charge in [-0.1, -0.05) is 27.2 Å². The Morgan fingerprint density at radius 2 is 1.91 bits per heavy atom. The van der Waals surface area contributed by atoms with Crippen molar-refractivity contribution in [2.24, 2.45) is 17.8 Å². The van der Waals surface area contributed by atoms with E-state index < -0.39 is 24.2 Å². The standard InChI is InChI=1S/C17H29NO5/c1-10(2)13-6-5-11(3)7-15(13)23-17(21)18-9-12(19)8-14(18)16(20)22-4/h10-15,19H,5-9H2,1-4H3. The van der Waals surface area contributed by atoms with Crippen LogP contribution in [0.4, 0.5) is 4.79 Å². The van der Waals surface area contributed by atoms with Gasteiger partial charge in [-0.05, 0) is 30.6 Å². The quantitative estimate of drug-likeness (QED) is 0.804. The Bertz CT molecular complexity index is 439. The maximum atomic E-state index is 12.5. The van der Waals surface area contributed by atoms with Crippen LogP contribution in [-0.2, 0) is 14.3 Å². The SMILES string of the molecule is COC(=O)C1CC(O)CN1C(=O)OC1CC(C)CCC1C(C)C. The number of β-amino-alcohol motifs (C(OH)–C–C–N with tert-alkyl or cyclic N) is 1. The Balaban J connectivity index is 2.05. The lowest BCUT2D eigenvalue weighted by molar-refractivity contribution is -0.145. The average molecular weight is 327 g/mol. The zero-order chi connectivity index (χ0) is 17.1. The monoisotopic (exact) mass is 327 g/mol. The molecule has 1 N–H and O–H groups in total. The normalized spacial score (nSPS) is 34.5. The van der Waals surface area contributed by atoms with Crippen molar-refractivity contribution in [1.29, 1.82) is 0 Å². The second-order valence-corrected chi connectivity index (χ2v) is 7.33. The molecule has 1 saturated carbocycles. The minimum absolute atomic E-state index is 0.118. The van der Waals surface area contributed by atoms with Crippen LogP contribution in [0.3, 0.4) is 0 Å². The number of likely N-dealkylation sites (tertiary alicyclic amines) is 1. The van der Waals surface area contributed by atoms with Gasteiger partial charge in [-0.3, -0.25) is 4.90 Å². The average Bonchev–Trinajstić information content (AvgIpc) is 2.88. The first-order valence-corrected chi connectivity index (χ1v) is 8.56. The number of ether oxygens (including phenoxy) is 2. The number of hydrogen-bond acceptors (Lipinski definition) is 5. The van der Waals surface area contributed by atoms with Crippen molar-refractivity contribution in [2.45, 2.75) is 64.7 Å². The number of amides is 1. The summed E-state index contributed by atoms with van der Waals surface area (Å²) in [5.74, 6) is 0.819. The van der Waals surface area contributed by atoms with Gasteiger partial charge in [-0.25, -0.2) is 9.59 Å². The van der Waals surface area contributed by atoms with Crippen molar-refractivity contribution in [2.75, 3.05) is 13.7 Å². The van der Waals surface area contributed by atoms with E-state index in [1.807, 2.05) is 0 Å². The molecule has 23 heavy (non-hydrogen) atoms. The van der Waals surface area contributed by atoms with Crippen molar-refractivity contribution >= 4 is 12.1 Å². The van der Waals surface area contributed by atoms with Crippen molar-refractivity contribution in [3.63, 3.8) is 0 Å². The van der Waals surface area contributed by atoms with Crippen LogP contribution in [0.2, 0.25) is 0 Å². The van der Waals surface area contributed by atoms with Gasteiger partial charge in [0.2, 0.25) is 0 Å². The molecular weight excluding hydrogens is 298 g/mol. The minimum atomic E-state index is -0.749. The third-order valence-electron chi connectivity index (χ3n) is 5.20. The first-order chi connectivity index (χ1) is 10.8. The zero-order valence-electron chi connectivity index (χ0n) is 14.5. The highest BCUT2D eigenvalue weighted by Crippen LogP contribution is 2.36. The van der Waals surface area contributed by atoms with Gasteiger partial charge < -0.3 is 14.6 Å². The van der Waals surface area contributed by atoms with E-state index in [0.29, 0.717) is 17.8 Å². The van der Waals surface area contributed by atoms with Gasteiger partial charge >= 0.3 is 12.1 Å². The number of carbonyl (C=O) groups is 2. The summed E-state index contributed by atoms with van der Waals surface area (Å²) < 4.78 is 10.5. The summed E-state index contributed by atoms with van der Waals surface area (Å²) in [5, 5.41) is 9.79. The third kappa shape index (κ3) is 4.16. The molecule has 1 heterocycles. The van der Waals surface area contributed by atoms with E-state index in [-0.39, 0.29) is 19.1 Å². The molecule has 6 heteroatoms. The first kappa shape index (κ1) is 18.0.